The summed E-state index contributed by atoms with van der Waals surface area (Å²) in [6.07, 6.45) is 0. The first-order chi connectivity index (χ1) is 16.8. The number of ether oxygens (including phenoxy) is 2. The molecule has 2 N–H and O–H groups in total. The standard InChI is InChI=1S/C26H29N3O5S/c1-19-3-12-25(33-2)24(17-19)28-35(31,32)23-10-8-22(9-11-23)27-26(30)21-6-4-20(5-7-21)18-29-13-15-34-16-14-29/h3-12,17,28H,13-16,18H2,1-2H3,(H,27,30). The fourth-order valence-electron chi connectivity index (χ4n) is 3.80. The highest BCUT2D eigenvalue weighted by Gasteiger charge is 2.17. The van der Waals surface area contributed by atoms with Gasteiger partial charge in [0, 0.05) is 30.9 Å². The average molecular weight is 496 g/mol. The molecule has 1 amide bonds. The second kappa shape index (κ2) is 10.9. The van der Waals surface area contributed by atoms with Gasteiger partial charge >= 0.3 is 0 Å². The number of amides is 1. The minimum absolute atomic E-state index is 0.0755. The number of benzene rings is 3. The number of rotatable bonds is 8. The molecule has 3 aromatic rings. The maximum Gasteiger partial charge on any atom is 0.262 e. The van der Waals surface area contributed by atoms with E-state index in [1.54, 1.807) is 36.4 Å². The van der Waals surface area contributed by atoms with Crippen LogP contribution >= 0.6 is 0 Å². The minimum atomic E-state index is -3.83. The van der Waals surface area contributed by atoms with Crippen LogP contribution in [-0.2, 0) is 21.3 Å². The number of sulfonamides is 1. The van der Waals surface area contributed by atoms with E-state index in [2.05, 4.69) is 14.9 Å². The fraction of sp³-hybridized carbons (Fsp3) is 0.269. The number of hydrogen-bond acceptors (Lipinski definition) is 6. The Labute approximate surface area is 205 Å². The Kier molecular flexibility index (Phi) is 7.70. The van der Waals surface area contributed by atoms with Crippen LogP contribution in [0.15, 0.2) is 71.6 Å². The number of carbonyl (C=O) groups excluding carboxylic acids is 1. The van der Waals surface area contributed by atoms with Gasteiger partial charge in [0.25, 0.3) is 15.9 Å². The van der Waals surface area contributed by atoms with Crippen molar-refractivity contribution in [1.82, 2.24) is 4.90 Å². The molecule has 0 bridgehead atoms. The number of morpholine rings is 1. The van der Waals surface area contributed by atoms with E-state index < -0.39 is 10.0 Å². The maximum absolute atomic E-state index is 12.8. The SMILES string of the molecule is COc1ccc(C)cc1NS(=O)(=O)c1ccc(NC(=O)c2ccc(CN3CCOCC3)cc2)cc1. The molecule has 1 saturated heterocycles. The molecule has 184 valence electrons. The van der Waals surface area contributed by atoms with Crippen molar-refractivity contribution in [2.45, 2.75) is 18.4 Å². The van der Waals surface area contributed by atoms with E-state index in [0.29, 0.717) is 22.7 Å². The van der Waals surface area contributed by atoms with Crippen molar-refractivity contribution in [3.8, 4) is 5.75 Å². The average Bonchev–Trinajstić information content (AvgIpc) is 2.85. The van der Waals surface area contributed by atoms with Gasteiger partial charge in [-0.15, -0.1) is 0 Å². The highest BCUT2D eigenvalue weighted by atomic mass is 32.2. The summed E-state index contributed by atoms with van der Waals surface area (Å²) in [6.45, 7) is 5.99. The van der Waals surface area contributed by atoms with E-state index >= 15 is 0 Å². The molecule has 1 heterocycles. The van der Waals surface area contributed by atoms with Gasteiger partial charge in [-0.25, -0.2) is 8.42 Å². The molecule has 1 aliphatic rings. The largest absolute Gasteiger partial charge is 0.495 e. The van der Waals surface area contributed by atoms with Crippen LogP contribution in [0.1, 0.15) is 21.5 Å². The Bertz CT molecular complexity index is 1270. The van der Waals surface area contributed by atoms with Gasteiger partial charge in [-0.1, -0.05) is 18.2 Å². The van der Waals surface area contributed by atoms with Crippen molar-refractivity contribution in [1.29, 1.82) is 0 Å². The van der Waals surface area contributed by atoms with Crippen molar-refractivity contribution in [3.05, 3.63) is 83.4 Å². The Balaban J connectivity index is 1.38. The lowest BCUT2D eigenvalue weighted by Crippen LogP contribution is -2.35. The van der Waals surface area contributed by atoms with Crippen molar-refractivity contribution in [2.24, 2.45) is 0 Å². The van der Waals surface area contributed by atoms with Gasteiger partial charge in [-0.05, 0) is 66.6 Å². The van der Waals surface area contributed by atoms with Gasteiger partial charge < -0.3 is 14.8 Å². The van der Waals surface area contributed by atoms with E-state index in [-0.39, 0.29) is 10.8 Å². The molecule has 0 aliphatic carbocycles. The summed E-state index contributed by atoms with van der Waals surface area (Å²) < 4.78 is 38.9. The third kappa shape index (κ3) is 6.39. The van der Waals surface area contributed by atoms with Crippen LogP contribution in [0.3, 0.4) is 0 Å². The minimum Gasteiger partial charge on any atom is -0.495 e. The first-order valence-corrected chi connectivity index (χ1v) is 12.8. The van der Waals surface area contributed by atoms with Gasteiger partial charge in [0.2, 0.25) is 0 Å². The summed E-state index contributed by atoms with van der Waals surface area (Å²) in [6, 6.07) is 18.8. The van der Waals surface area contributed by atoms with E-state index in [9.17, 15) is 13.2 Å². The molecule has 0 atom stereocenters. The van der Waals surface area contributed by atoms with Gasteiger partial charge in [-0.2, -0.15) is 0 Å². The molecule has 1 fully saturated rings. The smallest absolute Gasteiger partial charge is 0.262 e. The Morgan fingerprint density at radius 2 is 1.69 bits per heavy atom. The van der Waals surface area contributed by atoms with Crippen LogP contribution in [0.25, 0.3) is 0 Å². The third-order valence-corrected chi connectivity index (χ3v) is 7.13. The number of aryl methyl sites for hydroxylation is 1. The molecule has 0 unspecified atom stereocenters. The zero-order valence-electron chi connectivity index (χ0n) is 19.8. The fourth-order valence-corrected chi connectivity index (χ4v) is 4.87. The summed E-state index contributed by atoms with van der Waals surface area (Å²) in [5.74, 6) is 0.167. The van der Waals surface area contributed by atoms with Gasteiger partial charge in [0.05, 0.1) is 30.9 Å². The number of hydrogen-bond donors (Lipinski definition) is 2. The molecule has 0 aromatic heterocycles. The molecule has 0 spiro atoms. The normalized spacial score (nSPS) is 14.3. The molecule has 35 heavy (non-hydrogen) atoms. The third-order valence-electron chi connectivity index (χ3n) is 5.75. The Hall–Kier alpha value is -3.40. The van der Waals surface area contributed by atoms with Gasteiger partial charge in [0.1, 0.15) is 5.75 Å². The molecule has 0 saturated carbocycles. The van der Waals surface area contributed by atoms with E-state index in [4.69, 9.17) is 9.47 Å². The van der Waals surface area contributed by atoms with Crippen molar-refractivity contribution >= 4 is 27.3 Å². The van der Waals surface area contributed by atoms with Crippen LogP contribution in [0, 0.1) is 6.92 Å². The van der Waals surface area contributed by atoms with Crippen LogP contribution < -0.4 is 14.8 Å². The van der Waals surface area contributed by atoms with Crippen LogP contribution in [0.2, 0.25) is 0 Å². The quantitative estimate of drug-likeness (QED) is 0.492. The summed E-state index contributed by atoms with van der Waals surface area (Å²) in [5.41, 5.74) is 3.42. The monoisotopic (exact) mass is 495 g/mol. The number of nitrogens with one attached hydrogen (secondary N) is 2. The van der Waals surface area contributed by atoms with Gasteiger partial charge in [-0.3, -0.25) is 14.4 Å². The van der Waals surface area contributed by atoms with E-state index in [1.165, 1.54) is 19.2 Å². The molecular formula is C26H29N3O5S. The van der Waals surface area contributed by atoms with E-state index in [1.807, 2.05) is 25.1 Å². The summed E-state index contributed by atoms with van der Waals surface area (Å²) in [7, 11) is -2.35. The zero-order chi connectivity index (χ0) is 24.8. The number of methoxy groups -OCH3 is 1. The molecular weight excluding hydrogens is 466 g/mol. The first-order valence-electron chi connectivity index (χ1n) is 11.3. The summed E-state index contributed by atoms with van der Waals surface area (Å²) >= 11 is 0. The van der Waals surface area contributed by atoms with Crippen LogP contribution in [0.4, 0.5) is 11.4 Å². The molecule has 0 radical (unpaired) electrons. The Morgan fingerprint density at radius 3 is 2.34 bits per heavy atom. The Morgan fingerprint density at radius 1 is 1.00 bits per heavy atom. The predicted molar refractivity (Wildman–Crippen MR) is 135 cm³/mol. The molecule has 9 heteroatoms. The van der Waals surface area contributed by atoms with Crippen molar-refractivity contribution in [3.63, 3.8) is 0 Å². The summed E-state index contributed by atoms with van der Waals surface area (Å²) in [4.78, 5) is 15.1. The molecule has 4 rings (SSSR count). The van der Waals surface area contributed by atoms with Crippen molar-refractivity contribution < 1.29 is 22.7 Å². The van der Waals surface area contributed by atoms with Crippen LogP contribution in [0.5, 0.6) is 5.75 Å². The predicted octanol–water partition coefficient (Wildman–Crippen LogP) is 3.89. The molecule has 8 nitrogen and oxygen atoms in total. The summed E-state index contributed by atoms with van der Waals surface area (Å²) in [5, 5.41) is 2.81. The van der Waals surface area contributed by atoms with E-state index in [0.717, 1.165) is 44.0 Å². The van der Waals surface area contributed by atoms with Crippen molar-refractivity contribution in [2.75, 3.05) is 43.5 Å². The lowest BCUT2D eigenvalue weighted by atomic mass is 10.1. The first kappa shape index (κ1) is 24.7. The second-order valence-corrected chi connectivity index (χ2v) is 10.1. The number of anilines is 2. The number of carbonyl (C=O) groups is 1. The highest BCUT2D eigenvalue weighted by Crippen LogP contribution is 2.28. The molecule has 1 aliphatic heterocycles. The number of nitrogens with zero attached hydrogens (tertiary/aromatic N) is 1. The molecule has 3 aromatic carbocycles. The lowest BCUT2D eigenvalue weighted by Gasteiger charge is -2.26. The maximum atomic E-state index is 12.8. The topological polar surface area (TPSA) is 97.0 Å². The lowest BCUT2D eigenvalue weighted by molar-refractivity contribution is 0.0342. The van der Waals surface area contributed by atoms with Gasteiger partial charge in [0.15, 0.2) is 0 Å². The van der Waals surface area contributed by atoms with Crippen LogP contribution in [-0.4, -0.2) is 52.6 Å². The highest BCUT2D eigenvalue weighted by molar-refractivity contribution is 7.92. The zero-order valence-corrected chi connectivity index (χ0v) is 20.6. The second-order valence-electron chi connectivity index (χ2n) is 8.37.